The molecule has 1 saturated carbocycles. The minimum atomic E-state index is -3.75. The number of fused-ring (bicyclic) bond motifs is 1. The molecule has 0 saturated heterocycles. The Labute approximate surface area is 182 Å². The van der Waals surface area contributed by atoms with E-state index in [0.29, 0.717) is 19.4 Å². The zero-order chi connectivity index (χ0) is 22.2. The highest BCUT2D eigenvalue weighted by atomic mass is 32.2. The van der Waals surface area contributed by atoms with E-state index in [1.165, 1.54) is 18.2 Å². The summed E-state index contributed by atoms with van der Waals surface area (Å²) < 4.78 is 50.6. The number of amides is 1. The molecule has 1 aliphatic carbocycles. The summed E-state index contributed by atoms with van der Waals surface area (Å²) >= 11 is 0. The summed E-state index contributed by atoms with van der Waals surface area (Å²) in [5.41, 5.74) is 2.47. The third kappa shape index (κ3) is 4.67. The molecule has 10 heteroatoms. The van der Waals surface area contributed by atoms with Gasteiger partial charge in [0.25, 0.3) is 0 Å². The predicted molar refractivity (Wildman–Crippen MR) is 117 cm³/mol. The van der Waals surface area contributed by atoms with Crippen molar-refractivity contribution in [1.29, 1.82) is 0 Å². The summed E-state index contributed by atoms with van der Waals surface area (Å²) in [5, 5.41) is 5.08. The Morgan fingerprint density at radius 3 is 2.32 bits per heavy atom. The van der Waals surface area contributed by atoms with Crippen molar-refractivity contribution in [2.24, 2.45) is 11.1 Å². The van der Waals surface area contributed by atoms with Gasteiger partial charge in [-0.3, -0.25) is 4.79 Å². The minimum absolute atomic E-state index is 0.0137. The Kier molecular flexibility index (Phi) is 5.91. The summed E-state index contributed by atoms with van der Waals surface area (Å²) in [6.07, 6.45) is 4.01. The molecule has 8 nitrogen and oxygen atoms in total. The standard InChI is InChI=1S/C21H25N3O5S2/c22-30(26,27)18-6-4-15(5-7-18)10-12-23-31(28,29)19-8-9-20-17(14-19)11-13-24(20)21(25)16-2-1-3-16/h4-9,14,16,23H,1-3,10-13H2,(H2,22,26,27). The molecule has 2 aliphatic rings. The maximum absolute atomic E-state index is 12.7. The number of hydrogen-bond acceptors (Lipinski definition) is 5. The van der Waals surface area contributed by atoms with E-state index in [-0.39, 0.29) is 28.2 Å². The number of nitrogens with one attached hydrogen (secondary N) is 1. The molecule has 3 N–H and O–H groups in total. The van der Waals surface area contributed by atoms with Gasteiger partial charge in [0.15, 0.2) is 0 Å². The van der Waals surface area contributed by atoms with Crippen LogP contribution in [0.25, 0.3) is 0 Å². The van der Waals surface area contributed by atoms with Gasteiger partial charge in [0.05, 0.1) is 9.79 Å². The number of rotatable bonds is 7. The third-order valence-electron chi connectivity index (χ3n) is 5.93. The van der Waals surface area contributed by atoms with Gasteiger partial charge < -0.3 is 4.90 Å². The van der Waals surface area contributed by atoms with Crippen molar-refractivity contribution in [3.8, 4) is 0 Å². The fraction of sp³-hybridized carbons (Fsp3) is 0.381. The van der Waals surface area contributed by atoms with Gasteiger partial charge in [-0.25, -0.2) is 26.7 Å². The first-order valence-electron chi connectivity index (χ1n) is 10.2. The van der Waals surface area contributed by atoms with Crippen LogP contribution in [0.3, 0.4) is 0 Å². The highest BCUT2D eigenvalue weighted by Gasteiger charge is 2.33. The molecule has 1 amide bonds. The number of anilines is 1. The average molecular weight is 464 g/mol. The smallest absolute Gasteiger partial charge is 0.240 e. The molecule has 166 valence electrons. The number of benzene rings is 2. The largest absolute Gasteiger partial charge is 0.312 e. The molecule has 2 aromatic carbocycles. The fourth-order valence-electron chi connectivity index (χ4n) is 3.91. The second-order valence-electron chi connectivity index (χ2n) is 7.99. The minimum Gasteiger partial charge on any atom is -0.312 e. The van der Waals surface area contributed by atoms with E-state index in [1.54, 1.807) is 29.2 Å². The molecule has 0 bridgehead atoms. The molecule has 1 heterocycles. The summed E-state index contributed by atoms with van der Waals surface area (Å²) in [5.74, 6) is 0.252. The second kappa shape index (κ2) is 8.34. The average Bonchev–Trinajstić information content (AvgIpc) is 3.09. The van der Waals surface area contributed by atoms with Crippen molar-refractivity contribution in [2.75, 3.05) is 18.0 Å². The molecule has 4 rings (SSSR count). The molecule has 1 aliphatic heterocycles. The van der Waals surface area contributed by atoms with Crippen molar-refractivity contribution in [2.45, 2.75) is 41.9 Å². The second-order valence-corrected chi connectivity index (χ2v) is 11.3. The third-order valence-corrected chi connectivity index (χ3v) is 8.32. The quantitative estimate of drug-likeness (QED) is 0.644. The molecular weight excluding hydrogens is 438 g/mol. The van der Waals surface area contributed by atoms with E-state index in [4.69, 9.17) is 5.14 Å². The molecule has 0 unspecified atom stereocenters. The van der Waals surface area contributed by atoms with E-state index >= 15 is 0 Å². The maximum atomic E-state index is 12.7. The number of carbonyl (C=O) groups is 1. The van der Waals surface area contributed by atoms with Gasteiger partial charge in [0.1, 0.15) is 0 Å². The summed E-state index contributed by atoms with van der Waals surface area (Å²) in [7, 11) is -7.45. The molecule has 0 aromatic heterocycles. The van der Waals surface area contributed by atoms with E-state index in [0.717, 1.165) is 36.1 Å². The van der Waals surface area contributed by atoms with E-state index in [1.807, 2.05) is 0 Å². The number of nitrogens with zero attached hydrogens (tertiary/aromatic N) is 1. The Balaban J connectivity index is 1.39. The topological polar surface area (TPSA) is 127 Å². The van der Waals surface area contributed by atoms with Crippen LogP contribution in [0.1, 0.15) is 30.4 Å². The first kappa shape index (κ1) is 21.9. The number of nitrogens with two attached hydrogens (primary N) is 1. The Morgan fingerprint density at radius 2 is 1.71 bits per heavy atom. The van der Waals surface area contributed by atoms with Crippen LogP contribution in [0.4, 0.5) is 5.69 Å². The number of carbonyl (C=O) groups excluding carboxylic acids is 1. The van der Waals surface area contributed by atoms with Crippen LogP contribution < -0.4 is 14.8 Å². The van der Waals surface area contributed by atoms with Gasteiger partial charge >= 0.3 is 0 Å². The molecule has 0 spiro atoms. The lowest BCUT2D eigenvalue weighted by Crippen LogP contribution is -2.37. The lowest BCUT2D eigenvalue weighted by molar-refractivity contribution is -0.124. The number of sulfonamides is 2. The molecule has 0 radical (unpaired) electrons. The van der Waals surface area contributed by atoms with Crippen LogP contribution in [0.5, 0.6) is 0 Å². The van der Waals surface area contributed by atoms with Crippen LogP contribution in [-0.4, -0.2) is 35.8 Å². The fourth-order valence-corrected chi connectivity index (χ4v) is 5.51. The number of primary sulfonamides is 1. The number of hydrogen-bond donors (Lipinski definition) is 2. The molecule has 0 atom stereocenters. The highest BCUT2D eigenvalue weighted by molar-refractivity contribution is 7.89. The van der Waals surface area contributed by atoms with Crippen LogP contribution in [-0.2, 0) is 37.7 Å². The Morgan fingerprint density at radius 1 is 1.03 bits per heavy atom. The van der Waals surface area contributed by atoms with Crippen molar-refractivity contribution in [3.63, 3.8) is 0 Å². The lowest BCUT2D eigenvalue weighted by atomic mass is 9.84. The maximum Gasteiger partial charge on any atom is 0.240 e. The van der Waals surface area contributed by atoms with E-state index < -0.39 is 20.0 Å². The van der Waals surface area contributed by atoms with Crippen molar-refractivity contribution >= 4 is 31.6 Å². The van der Waals surface area contributed by atoms with Crippen LogP contribution in [0.15, 0.2) is 52.3 Å². The van der Waals surface area contributed by atoms with Crippen molar-refractivity contribution in [1.82, 2.24) is 4.72 Å². The monoisotopic (exact) mass is 463 g/mol. The first-order chi connectivity index (χ1) is 14.6. The predicted octanol–water partition coefficient (Wildman–Crippen LogP) is 1.54. The molecule has 1 fully saturated rings. The molecular formula is C21H25N3O5S2. The van der Waals surface area contributed by atoms with Crippen LogP contribution >= 0.6 is 0 Å². The zero-order valence-electron chi connectivity index (χ0n) is 17.0. The van der Waals surface area contributed by atoms with Gasteiger partial charge in [0, 0.05) is 24.7 Å². The normalized spacial score (nSPS) is 16.7. The Bertz CT molecular complexity index is 1200. The van der Waals surface area contributed by atoms with Crippen LogP contribution in [0, 0.1) is 5.92 Å². The van der Waals surface area contributed by atoms with Gasteiger partial charge in [-0.15, -0.1) is 0 Å². The van der Waals surface area contributed by atoms with Crippen molar-refractivity contribution < 1.29 is 21.6 Å². The van der Waals surface area contributed by atoms with Gasteiger partial charge in [-0.2, -0.15) is 0 Å². The summed E-state index contributed by atoms with van der Waals surface area (Å²) in [6, 6.07) is 10.9. The SMILES string of the molecule is NS(=O)(=O)c1ccc(CCNS(=O)(=O)c2ccc3c(c2)CCN3C(=O)C2CCC2)cc1. The summed E-state index contributed by atoms with van der Waals surface area (Å²) in [4.78, 5) is 14.6. The molecule has 2 aromatic rings. The van der Waals surface area contributed by atoms with Gasteiger partial charge in [0.2, 0.25) is 26.0 Å². The van der Waals surface area contributed by atoms with E-state index in [9.17, 15) is 21.6 Å². The van der Waals surface area contributed by atoms with Crippen LogP contribution in [0.2, 0.25) is 0 Å². The highest BCUT2D eigenvalue weighted by Crippen LogP contribution is 2.35. The Hall–Kier alpha value is -2.27. The van der Waals surface area contributed by atoms with Gasteiger partial charge in [-0.1, -0.05) is 18.6 Å². The lowest BCUT2D eigenvalue weighted by Gasteiger charge is -2.29. The van der Waals surface area contributed by atoms with Gasteiger partial charge in [-0.05, 0) is 67.1 Å². The molecule has 31 heavy (non-hydrogen) atoms. The summed E-state index contributed by atoms with van der Waals surface area (Å²) in [6.45, 7) is 0.760. The first-order valence-corrected chi connectivity index (χ1v) is 13.2. The van der Waals surface area contributed by atoms with E-state index in [2.05, 4.69) is 4.72 Å². The van der Waals surface area contributed by atoms with Crippen molar-refractivity contribution in [3.05, 3.63) is 53.6 Å². The zero-order valence-corrected chi connectivity index (χ0v) is 18.6.